The molecule has 0 spiro atoms. The summed E-state index contributed by atoms with van der Waals surface area (Å²) in [6, 6.07) is 9.25. The molecule has 3 N–H and O–H groups in total. The molecule has 2 aromatic rings. The van der Waals surface area contributed by atoms with Gasteiger partial charge in [0, 0.05) is 12.5 Å². The molecule has 6 nitrogen and oxygen atoms in total. The second-order valence-electron chi connectivity index (χ2n) is 5.01. The lowest BCUT2D eigenvalue weighted by Crippen LogP contribution is -2.44. The van der Waals surface area contributed by atoms with Crippen molar-refractivity contribution in [1.82, 2.24) is 20.1 Å². The van der Waals surface area contributed by atoms with E-state index in [1.54, 1.807) is 6.33 Å². The molecule has 3 rings (SSSR count). The number of hydrogen-bond donors (Lipinski definition) is 2. The Kier molecular flexibility index (Phi) is 3.47. The predicted octanol–water partition coefficient (Wildman–Crippen LogP) is 0.409. The molecular weight excluding hydrogens is 254 g/mol. The fourth-order valence-electron chi connectivity index (χ4n) is 2.60. The number of hydrogen-bond acceptors (Lipinski definition) is 4. The molecule has 2 atom stereocenters. The number of carbonyl (C=O) groups is 1. The van der Waals surface area contributed by atoms with Gasteiger partial charge in [-0.05, 0) is 12.0 Å². The number of nitrogens with two attached hydrogens (primary N) is 1. The van der Waals surface area contributed by atoms with E-state index in [-0.39, 0.29) is 11.9 Å². The Morgan fingerprint density at radius 2 is 2.20 bits per heavy atom. The van der Waals surface area contributed by atoms with Crippen molar-refractivity contribution in [3.05, 3.63) is 48.0 Å². The minimum Gasteiger partial charge on any atom is -0.368 e. The van der Waals surface area contributed by atoms with E-state index >= 15 is 0 Å². The zero-order valence-corrected chi connectivity index (χ0v) is 11.1. The molecule has 1 aromatic heterocycles. The number of aryl methyl sites for hydroxylation is 1. The molecule has 0 aliphatic carbocycles. The van der Waals surface area contributed by atoms with Crippen LogP contribution in [0.2, 0.25) is 0 Å². The fraction of sp³-hybridized carbons (Fsp3) is 0.357. The van der Waals surface area contributed by atoms with E-state index in [4.69, 9.17) is 5.73 Å². The molecule has 0 saturated heterocycles. The molecule has 6 heteroatoms. The first-order valence-corrected chi connectivity index (χ1v) is 6.71. The highest BCUT2D eigenvalue weighted by Gasteiger charge is 2.25. The summed E-state index contributed by atoms with van der Waals surface area (Å²) in [4.78, 5) is 15.9. The maximum atomic E-state index is 11.7. The highest BCUT2D eigenvalue weighted by Crippen LogP contribution is 2.17. The summed E-state index contributed by atoms with van der Waals surface area (Å²) >= 11 is 0. The summed E-state index contributed by atoms with van der Waals surface area (Å²) in [5.41, 5.74) is 6.42. The van der Waals surface area contributed by atoms with Crippen molar-refractivity contribution in [1.29, 1.82) is 0 Å². The van der Waals surface area contributed by atoms with Gasteiger partial charge in [-0.25, -0.2) is 9.67 Å². The molecule has 20 heavy (non-hydrogen) atoms. The number of amides is 1. The number of rotatable bonds is 4. The fourth-order valence-corrected chi connectivity index (χ4v) is 2.60. The van der Waals surface area contributed by atoms with Gasteiger partial charge in [0.05, 0.1) is 6.54 Å². The Labute approximate surface area is 117 Å². The average molecular weight is 271 g/mol. The van der Waals surface area contributed by atoms with Crippen LogP contribution in [0, 0.1) is 0 Å². The zero-order chi connectivity index (χ0) is 13.9. The van der Waals surface area contributed by atoms with Crippen molar-refractivity contribution < 1.29 is 4.79 Å². The van der Waals surface area contributed by atoms with E-state index in [9.17, 15) is 4.79 Å². The minimum absolute atomic E-state index is 0.168. The molecule has 1 aromatic carbocycles. The Morgan fingerprint density at radius 3 is 2.95 bits per heavy atom. The topological polar surface area (TPSA) is 85.8 Å². The van der Waals surface area contributed by atoms with E-state index in [1.165, 1.54) is 0 Å². The first-order chi connectivity index (χ1) is 9.74. The van der Waals surface area contributed by atoms with E-state index < -0.39 is 6.04 Å². The van der Waals surface area contributed by atoms with E-state index in [0.29, 0.717) is 6.54 Å². The van der Waals surface area contributed by atoms with Crippen molar-refractivity contribution in [2.24, 2.45) is 5.73 Å². The molecule has 1 amide bonds. The van der Waals surface area contributed by atoms with E-state index in [1.807, 2.05) is 35.0 Å². The number of benzene rings is 1. The third-order valence-electron chi connectivity index (χ3n) is 3.63. The highest BCUT2D eigenvalue weighted by molar-refractivity contribution is 5.81. The molecule has 0 unspecified atom stereocenters. The van der Waals surface area contributed by atoms with Gasteiger partial charge in [0.15, 0.2) is 0 Å². The standard InChI is InChI=1S/C14H17N5O/c15-14(20)13(10-4-2-1-3-5-10)18-11-6-7-12-16-9-17-19(12)8-11/h1-5,9,11,13,18H,6-8H2,(H2,15,20)/t11-,13+/m1/s1. The van der Waals surface area contributed by atoms with Crippen LogP contribution in [0.15, 0.2) is 36.7 Å². The zero-order valence-electron chi connectivity index (χ0n) is 11.1. The van der Waals surface area contributed by atoms with Gasteiger partial charge >= 0.3 is 0 Å². The first-order valence-electron chi connectivity index (χ1n) is 6.71. The molecule has 2 heterocycles. The van der Waals surface area contributed by atoms with Gasteiger partial charge in [-0.2, -0.15) is 5.10 Å². The second-order valence-corrected chi connectivity index (χ2v) is 5.01. The number of nitrogens with zero attached hydrogens (tertiary/aromatic N) is 3. The largest absolute Gasteiger partial charge is 0.368 e. The lowest BCUT2D eigenvalue weighted by Gasteiger charge is -2.27. The van der Waals surface area contributed by atoms with Crippen LogP contribution in [-0.2, 0) is 17.8 Å². The van der Waals surface area contributed by atoms with Crippen LogP contribution in [0.5, 0.6) is 0 Å². The van der Waals surface area contributed by atoms with Crippen LogP contribution in [0.25, 0.3) is 0 Å². The maximum Gasteiger partial charge on any atom is 0.239 e. The predicted molar refractivity (Wildman–Crippen MR) is 73.6 cm³/mol. The number of aromatic nitrogens is 3. The van der Waals surface area contributed by atoms with Gasteiger partial charge in [-0.15, -0.1) is 0 Å². The van der Waals surface area contributed by atoms with Crippen molar-refractivity contribution >= 4 is 5.91 Å². The number of nitrogens with one attached hydrogen (secondary N) is 1. The monoisotopic (exact) mass is 271 g/mol. The van der Waals surface area contributed by atoms with Crippen LogP contribution in [-0.4, -0.2) is 26.7 Å². The van der Waals surface area contributed by atoms with Gasteiger partial charge in [-0.1, -0.05) is 30.3 Å². The van der Waals surface area contributed by atoms with Crippen molar-refractivity contribution in [3.63, 3.8) is 0 Å². The van der Waals surface area contributed by atoms with E-state index in [0.717, 1.165) is 24.2 Å². The Morgan fingerprint density at radius 1 is 1.40 bits per heavy atom. The second kappa shape index (κ2) is 5.42. The SMILES string of the molecule is NC(=O)[C@@H](N[C@@H]1CCc2ncnn2C1)c1ccccc1. The Balaban J connectivity index is 1.74. The molecule has 0 fully saturated rings. The molecule has 104 valence electrons. The van der Waals surface area contributed by atoms with Crippen LogP contribution in [0.4, 0.5) is 0 Å². The van der Waals surface area contributed by atoms with Gasteiger partial charge in [0.1, 0.15) is 18.2 Å². The van der Waals surface area contributed by atoms with E-state index in [2.05, 4.69) is 15.4 Å². The molecule has 1 aliphatic rings. The number of primary amides is 1. The van der Waals surface area contributed by atoms with Crippen LogP contribution >= 0.6 is 0 Å². The van der Waals surface area contributed by atoms with Gasteiger partial charge in [0.25, 0.3) is 0 Å². The van der Waals surface area contributed by atoms with Crippen LogP contribution in [0.1, 0.15) is 23.9 Å². The van der Waals surface area contributed by atoms with Crippen molar-refractivity contribution in [2.45, 2.75) is 31.5 Å². The first kappa shape index (κ1) is 12.8. The van der Waals surface area contributed by atoms with Crippen molar-refractivity contribution in [2.75, 3.05) is 0 Å². The summed E-state index contributed by atoms with van der Waals surface area (Å²) in [6.07, 6.45) is 3.35. The number of carbonyl (C=O) groups excluding carboxylic acids is 1. The smallest absolute Gasteiger partial charge is 0.239 e. The van der Waals surface area contributed by atoms with Gasteiger partial charge < -0.3 is 5.73 Å². The molecular formula is C14H17N5O. The number of fused-ring (bicyclic) bond motifs is 1. The third kappa shape index (κ3) is 2.55. The van der Waals surface area contributed by atoms with Crippen molar-refractivity contribution in [3.8, 4) is 0 Å². The average Bonchev–Trinajstić information content (AvgIpc) is 2.93. The van der Waals surface area contributed by atoms with Gasteiger partial charge in [-0.3, -0.25) is 10.1 Å². The van der Waals surface area contributed by atoms with Gasteiger partial charge in [0.2, 0.25) is 5.91 Å². The van der Waals surface area contributed by atoms with Crippen LogP contribution in [0.3, 0.4) is 0 Å². The normalized spacial score (nSPS) is 19.3. The summed E-state index contributed by atoms with van der Waals surface area (Å²) in [5, 5.41) is 7.52. The summed E-state index contributed by atoms with van der Waals surface area (Å²) < 4.78 is 1.88. The molecule has 1 aliphatic heterocycles. The van der Waals surface area contributed by atoms with Crippen LogP contribution < -0.4 is 11.1 Å². The summed E-state index contributed by atoms with van der Waals surface area (Å²) in [5.74, 6) is 0.638. The lowest BCUT2D eigenvalue weighted by atomic mass is 10.0. The Bertz CT molecular complexity index is 595. The quantitative estimate of drug-likeness (QED) is 0.843. The molecule has 0 radical (unpaired) electrons. The lowest BCUT2D eigenvalue weighted by molar-refractivity contribution is -0.120. The highest BCUT2D eigenvalue weighted by atomic mass is 16.1. The Hall–Kier alpha value is -2.21. The minimum atomic E-state index is -0.466. The summed E-state index contributed by atoms with van der Waals surface area (Å²) in [7, 11) is 0. The maximum absolute atomic E-state index is 11.7. The summed E-state index contributed by atoms with van der Waals surface area (Å²) in [6.45, 7) is 0.714. The third-order valence-corrected chi connectivity index (χ3v) is 3.63. The molecule has 0 saturated carbocycles. The molecule has 0 bridgehead atoms.